The molecule has 8 heteroatoms. The average molecular weight is 610 g/mol. The number of carbonyl (C=O) groups is 2. The minimum absolute atomic E-state index is 0.0621. The molecule has 3 aromatic carbocycles. The molecule has 2 aliphatic rings. The van der Waals surface area contributed by atoms with E-state index < -0.39 is 5.97 Å². The molecule has 1 aliphatic carbocycles. The first-order chi connectivity index (χ1) is 21.1. The maximum atomic E-state index is 14.4. The number of nitrogens with zero attached hydrogens (tertiary/aromatic N) is 3. The van der Waals surface area contributed by atoms with Crippen molar-refractivity contribution in [2.75, 3.05) is 18.1 Å². The SMILES string of the molecule is Cc1cc(OCCCC2=C(C(=O)N3CCc4c(C(=O)O)cccc43)Cc3c2cccc3-c2c(C)nn(C)c2C)cc(C)c1Cl. The number of halogens is 1. The smallest absolute Gasteiger partial charge is 0.336 e. The fourth-order valence-electron chi connectivity index (χ4n) is 6.83. The van der Waals surface area contributed by atoms with Crippen molar-refractivity contribution in [1.82, 2.24) is 9.78 Å². The van der Waals surface area contributed by atoms with Crippen LogP contribution in [0.25, 0.3) is 16.7 Å². The van der Waals surface area contributed by atoms with E-state index >= 15 is 0 Å². The Hall–Kier alpha value is -4.36. The van der Waals surface area contributed by atoms with Gasteiger partial charge >= 0.3 is 5.97 Å². The number of aromatic carboxylic acids is 1. The predicted molar refractivity (Wildman–Crippen MR) is 174 cm³/mol. The lowest BCUT2D eigenvalue weighted by Crippen LogP contribution is -2.30. The Labute approximate surface area is 262 Å². The molecule has 0 atom stereocenters. The molecule has 226 valence electrons. The fourth-order valence-corrected chi connectivity index (χ4v) is 6.94. The van der Waals surface area contributed by atoms with Gasteiger partial charge in [-0.05, 0) is 110 Å². The molecule has 0 saturated carbocycles. The lowest BCUT2D eigenvalue weighted by Gasteiger charge is -2.20. The minimum Gasteiger partial charge on any atom is -0.494 e. The Bertz CT molecular complexity index is 1850. The van der Waals surface area contributed by atoms with E-state index in [2.05, 4.69) is 30.2 Å². The molecule has 0 fully saturated rings. The monoisotopic (exact) mass is 609 g/mol. The van der Waals surface area contributed by atoms with Crippen LogP contribution in [0.4, 0.5) is 5.69 Å². The number of anilines is 1. The van der Waals surface area contributed by atoms with Gasteiger partial charge in [0.25, 0.3) is 5.91 Å². The highest BCUT2D eigenvalue weighted by atomic mass is 35.5. The van der Waals surface area contributed by atoms with Crippen molar-refractivity contribution in [2.45, 2.75) is 53.4 Å². The van der Waals surface area contributed by atoms with E-state index in [1.807, 2.05) is 50.7 Å². The van der Waals surface area contributed by atoms with Crippen LogP contribution >= 0.6 is 11.6 Å². The number of hydrogen-bond donors (Lipinski definition) is 1. The summed E-state index contributed by atoms with van der Waals surface area (Å²) < 4.78 is 8.03. The van der Waals surface area contributed by atoms with Gasteiger partial charge in [0, 0.05) is 47.6 Å². The highest BCUT2D eigenvalue weighted by molar-refractivity contribution is 6.32. The largest absolute Gasteiger partial charge is 0.494 e. The Balaban J connectivity index is 1.34. The van der Waals surface area contributed by atoms with Gasteiger partial charge in [-0.15, -0.1) is 0 Å². The second-order valence-corrected chi connectivity index (χ2v) is 12.2. The van der Waals surface area contributed by atoms with Gasteiger partial charge in [-0.2, -0.15) is 5.10 Å². The van der Waals surface area contributed by atoms with Gasteiger partial charge in [0.05, 0.1) is 17.9 Å². The van der Waals surface area contributed by atoms with Gasteiger partial charge in [0.15, 0.2) is 0 Å². The highest BCUT2D eigenvalue weighted by Gasteiger charge is 2.35. The zero-order chi connectivity index (χ0) is 31.3. The van der Waals surface area contributed by atoms with Crippen molar-refractivity contribution in [2.24, 2.45) is 7.05 Å². The molecular formula is C36H36ClN3O4. The number of amides is 1. The summed E-state index contributed by atoms with van der Waals surface area (Å²) in [5.41, 5.74) is 11.9. The topological polar surface area (TPSA) is 84.7 Å². The fraction of sp³-hybridized carbons (Fsp3) is 0.306. The normalized spacial score (nSPS) is 13.8. The summed E-state index contributed by atoms with van der Waals surface area (Å²) in [6, 6.07) is 15.4. The number of rotatable bonds is 8. The zero-order valence-electron chi connectivity index (χ0n) is 25.8. The van der Waals surface area contributed by atoms with Crippen molar-refractivity contribution in [3.8, 4) is 16.9 Å². The van der Waals surface area contributed by atoms with Crippen LogP contribution in [-0.2, 0) is 24.7 Å². The Morgan fingerprint density at radius 2 is 1.70 bits per heavy atom. The number of hydrogen-bond acceptors (Lipinski definition) is 4. The van der Waals surface area contributed by atoms with Crippen LogP contribution in [0, 0.1) is 27.7 Å². The number of aryl methyl sites for hydroxylation is 4. The number of aromatic nitrogens is 2. The Morgan fingerprint density at radius 3 is 2.39 bits per heavy atom. The molecule has 0 unspecified atom stereocenters. The molecule has 4 aromatic rings. The van der Waals surface area contributed by atoms with Crippen LogP contribution in [0.15, 0.2) is 54.1 Å². The van der Waals surface area contributed by atoms with E-state index in [-0.39, 0.29) is 11.5 Å². The molecular weight excluding hydrogens is 574 g/mol. The number of fused-ring (bicyclic) bond motifs is 2. The molecule has 7 nitrogen and oxygen atoms in total. The number of allylic oxidation sites excluding steroid dienone is 1. The second kappa shape index (κ2) is 11.6. The first-order valence-corrected chi connectivity index (χ1v) is 15.4. The lowest BCUT2D eigenvalue weighted by atomic mass is 9.93. The molecule has 0 spiro atoms. The lowest BCUT2D eigenvalue weighted by molar-refractivity contribution is -0.115. The summed E-state index contributed by atoms with van der Waals surface area (Å²) in [5.74, 6) is -0.246. The summed E-state index contributed by atoms with van der Waals surface area (Å²) >= 11 is 6.35. The molecule has 1 amide bonds. The van der Waals surface area contributed by atoms with Crippen LogP contribution in [0.2, 0.25) is 5.02 Å². The van der Waals surface area contributed by atoms with Gasteiger partial charge in [-0.3, -0.25) is 9.48 Å². The van der Waals surface area contributed by atoms with Crippen LogP contribution in [-0.4, -0.2) is 39.9 Å². The maximum absolute atomic E-state index is 14.4. The van der Waals surface area contributed by atoms with Crippen molar-refractivity contribution >= 4 is 34.7 Å². The van der Waals surface area contributed by atoms with Gasteiger partial charge in [0.2, 0.25) is 0 Å². The summed E-state index contributed by atoms with van der Waals surface area (Å²) in [7, 11) is 1.95. The summed E-state index contributed by atoms with van der Waals surface area (Å²) in [5, 5.41) is 15.2. The summed E-state index contributed by atoms with van der Waals surface area (Å²) in [6.45, 7) is 8.99. The number of ether oxygens (including phenoxy) is 1. The summed E-state index contributed by atoms with van der Waals surface area (Å²) in [4.78, 5) is 28.0. The third-order valence-corrected chi connectivity index (χ3v) is 9.60. The molecule has 44 heavy (non-hydrogen) atoms. The van der Waals surface area contributed by atoms with Gasteiger partial charge in [-0.25, -0.2) is 4.79 Å². The third-order valence-electron chi connectivity index (χ3n) is 9.01. The first kappa shape index (κ1) is 29.7. The van der Waals surface area contributed by atoms with E-state index in [1.165, 1.54) is 0 Å². The number of carboxylic acid groups (broad SMARTS) is 1. The van der Waals surface area contributed by atoms with Crippen LogP contribution in [0.3, 0.4) is 0 Å². The predicted octanol–water partition coefficient (Wildman–Crippen LogP) is 7.43. The Kier molecular flexibility index (Phi) is 7.84. The number of carbonyl (C=O) groups excluding carboxylic acids is 1. The minimum atomic E-state index is -0.970. The molecule has 2 heterocycles. The van der Waals surface area contributed by atoms with E-state index in [4.69, 9.17) is 16.3 Å². The summed E-state index contributed by atoms with van der Waals surface area (Å²) in [6.07, 6.45) is 2.42. The zero-order valence-corrected chi connectivity index (χ0v) is 26.5. The quantitative estimate of drug-likeness (QED) is 0.210. The third kappa shape index (κ3) is 5.09. The molecule has 1 aromatic heterocycles. The van der Waals surface area contributed by atoms with E-state index in [0.717, 1.165) is 78.7 Å². The number of carboxylic acids is 1. The highest BCUT2D eigenvalue weighted by Crippen LogP contribution is 2.44. The molecule has 0 radical (unpaired) electrons. The van der Waals surface area contributed by atoms with Crippen LogP contribution < -0.4 is 9.64 Å². The van der Waals surface area contributed by atoms with Gasteiger partial charge in [0.1, 0.15) is 5.75 Å². The van der Waals surface area contributed by atoms with E-state index in [9.17, 15) is 14.7 Å². The standard InChI is InChI=1S/C36H36ClN3O4/c1-20-17-24(18-21(2)34(20)37)44-16-8-12-26-25-9-6-10-28(33-22(3)38-39(5)23(33)4)30(25)19-31(26)35(41)40-15-14-27-29(36(42)43)11-7-13-32(27)40/h6-7,9-11,13,17-18H,8,12,14-16,19H2,1-5H3,(H,42,43). The van der Waals surface area contributed by atoms with Gasteiger partial charge < -0.3 is 14.7 Å². The van der Waals surface area contributed by atoms with Gasteiger partial charge in [-0.1, -0.05) is 35.9 Å². The van der Waals surface area contributed by atoms with E-state index in [1.54, 1.807) is 17.0 Å². The molecule has 0 bridgehead atoms. The van der Waals surface area contributed by atoms with Crippen molar-refractivity contribution in [3.63, 3.8) is 0 Å². The van der Waals surface area contributed by atoms with Crippen molar-refractivity contribution in [1.29, 1.82) is 0 Å². The van der Waals surface area contributed by atoms with Crippen molar-refractivity contribution in [3.05, 3.63) is 104 Å². The number of benzene rings is 3. The average Bonchev–Trinajstić information content (AvgIpc) is 3.66. The molecule has 0 saturated heterocycles. The maximum Gasteiger partial charge on any atom is 0.336 e. The van der Waals surface area contributed by atoms with Crippen LogP contribution in [0.1, 0.15) is 62.4 Å². The van der Waals surface area contributed by atoms with E-state index in [0.29, 0.717) is 38.1 Å². The molecule has 1 aliphatic heterocycles. The van der Waals surface area contributed by atoms with Crippen molar-refractivity contribution < 1.29 is 19.4 Å². The second-order valence-electron chi connectivity index (χ2n) is 11.8. The Morgan fingerprint density at radius 1 is 1.00 bits per heavy atom. The van der Waals surface area contributed by atoms with Crippen LogP contribution in [0.5, 0.6) is 5.75 Å². The first-order valence-electron chi connectivity index (χ1n) is 15.0. The molecule has 1 N–H and O–H groups in total. The molecule has 6 rings (SSSR count).